The highest BCUT2D eigenvalue weighted by molar-refractivity contribution is 14.0. The first-order valence-corrected chi connectivity index (χ1v) is 10.1. The van der Waals surface area contributed by atoms with Crippen molar-refractivity contribution >= 4 is 45.9 Å². The Morgan fingerprint density at radius 2 is 1.84 bits per heavy atom. The zero-order chi connectivity index (χ0) is 18.2. The van der Waals surface area contributed by atoms with Gasteiger partial charge in [-0.1, -0.05) is 0 Å². The van der Waals surface area contributed by atoms with Gasteiger partial charge in [0, 0.05) is 26.7 Å². The molecule has 1 amide bonds. The summed E-state index contributed by atoms with van der Waals surface area (Å²) in [6, 6.07) is 0. The molecule has 0 bridgehead atoms. The third kappa shape index (κ3) is 11.4. The largest absolute Gasteiger partial charge is 0.444 e. The van der Waals surface area contributed by atoms with Crippen LogP contribution >= 0.6 is 24.0 Å². The van der Waals surface area contributed by atoms with Crippen LogP contribution in [0.3, 0.4) is 0 Å². The number of halogens is 1. The molecule has 0 aromatic heterocycles. The SMILES string of the molecule is CN=C(NCCCNC(=O)OC(C)(C)C)NCC1CCS(=O)(=O)C1.I. The van der Waals surface area contributed by atoms with Crippen LogP contribution in [-0.4, -0.2) is 64.3 Å². The number of aliphatic imine (C=N–C) groups is 1. The van der Waals surface area contributed by atoms with Crippen molar-refractivity contribution in [3.63, 3.8) is 0 Å². The topological polar surface area (TPSA) is 109 Å². The molecule has 0 aromatic carbocycles. The molecule has 10 heteroatoms. The summed E-state index contributed by atoms with van der Waals surface area (Å²) in [6.45, 7) is 7.19. The van der Waals surface area contributed by atoms with Gasteiger partial charge < -0.3 is 20.7 Å². The molecule has 0 saturated carbocycles. The average Bonchev–Trinajstić information content (AvgIpc) is 2.79. The fourth-order valence-corrected chi connectivity index (χ4v) is 4.16. The standard InChI is InChI=1S/C15H30N4O4S.HI/c1-15(2,3)23-14(20)18-8-5-7-17-13(16-4)19-10-12-6-9-24(21,22)11-12;/h12H,5-11H2,1-4H3,(H,18,20)(H2,16,17,19);1H. The van der Waals surface area contributed by atoms with E-state index in [4.69, 9.17) is 4.74 Å². The van der Waals surface area contributed by atoms with E-state index in [1.54, 1.807) is 7.05 Å². The van der Waals surface area contributed by atoms with E-state index in [1.165, 1.54) is 0 Å². The molecule has 8 nitrogen and oxygen atoms in total. The highest BCUT2D eigenvalue weighted by atomic mass is 127. The molecule has 1 atom stereocenters. The maximum Gasteiger partial charge on any atom is 0.407 e. The molecule has 3 N–H and O–H groups in total. The molecule has 0 spiro atoms. The van der Waals surface area contributed by atoms with Crippen LogP contribution in [0.25, 0.3) is 0 Å². The number of hydrogen-bond donors (Lipinski definition) is 3. The smallest absolute Gasteiger partial charge is 0.407 e. The van der Waals surface area contributed by atoms with Crippen LogP contribution in [0.15, 0.2) is 4.99 Å². The minimum atomic E-state index is -2.85. The fourth-order valence-electron chi connectivity index (χ4n) is 2.29. The van der Waals surface area contributed by atoms with Crippen LogP contribution in [0.5, 0.6) is 0 Å². The van der Waals surface area contributed by atoms with Gasteiger partial charge in [-0.15, -0.1) is 24.0 Å². The molecular weight excluding hydrogens is 459 g/mol. The van der Waals surface area contributed by atoms with Gasteiger partial charge in [0.15, 0.2) is 15.8 Å². The van der Waals surface area contributed by atoms with E-state index in [1.807, 2.05) is 20.8 Å². The van der Waals surface area contributed by atoms with Crippen LogP contribution in [0.2, 0.25) is 0 Å². The third-order valence-corrected chi connectivity index (χ3v) is 5.26. The molecule has 1 aliphatic heterocycles. The van der Waals surface area contributed by atoms with Crippen molar-refractivity contribution in [2.24, 2.45) is 10.9 Å². The Morgan fingerprint density at radius 3 is 2.36 bits per heavy atom. The van der Waals surface area contributed by atoms with Crippen LogP contribution in [0.1, 0.15) is 33.6 Å². The van der Waals surface area contributed by atoms with Gasteiger partial charge in [0.25, 0.3) is 0 Å². The Kier molecular flexibility index (Phi) is 10.7. The van der Waals surface area contributed by atoms with E-state index in [0.29, 0.717) is 32.0 Å². The molecule has 1 unspecified atom stereocenters. The summed E-state index contributed by atoms with van der Waals surface area (Å²) < 4.78 is 28.0. The number of hydrogen-bond acceptors (Lipinski definition) is 5. The average molecular weight is 490 g/mol. The second kappa shape index (κ2) is 11.0. The molecule has 0 aromatic rings. The summed E-state index contributed by atoms with van der Waals surface area (Å²) in [5, 5.41) is 8.96. The molecule has 1 fully saturated rings. The Bertz CT molecular complexity index is 546. The number of nitrogens with one attached hydrogen (secondary N) is 3. The molecule has 1 aliphatic rings. The van der Waals surface area contributed by atoms with Crippen LogP contribution in [0.4, 0.5) is 4.79 Å². The predicted molar refractivity (Wildman–Crippen MR) is 110 cm³/mol. The lowest BCUT2D eigenvalue weighted by Gasteiger charge is -2.19. The number of ether oxygens (including phenoxy) is 1. The fraction of sp³-hybridized carbons (Fsp3) is 0.867. The highest BCUT2D eigenvalue weighted by Crippen LogP contribution is 2.17. The first-order chi connectivity index (χ1) is 11.1. The minimum absolute atomic E-state index is 0. The lowest BCUT2D eigenvalue weighted by atomic mass is 10.1. The molecule has 148 valence electrons. The van der Waals surface area contributed by atoms with Crippen molar-refractivity contribution in [2.75, 3.05) is 38.2 Å². The zero-order valence-electron chi connectivity index (χ0n) is 15.4. The normalized spacial score (nSPS) is 19.7. The lowest BCUT2D eigenvalue weighted by Crippen LogP contribution is -2.41. The van der Waals surface area contributed by atoms with Crippen molar-refractivity contribution in [1.29, 1.82) is 0 Å². The molecule has 0 radical (unpaired) electrons. The number of sulfone groups is 1. The second-order valence-electron chi connectivity index (χ2n) is 6.93. The van der Waals surface area contributed by atoms with Crippen LogP contribution in [0, 0.1) is 5.92 Å². The Balaban J connectivity index is 0.00000576. The quantitative estimate of drug-likeness (QED) is 0.223. The number of carbonyl (C=O) groups is 1. The van der Waals surface area contributed by atoms with Crippen molar-refractivity contribution in [3.8, 4) is 0 Å². The van der Waals surface area contributed by atoms with Crippen molar-refractivity contribution in [2.45, 2.75) is 39.2 Å². The second-order valence-corrected chi connectivity index (χ2v) is 9.16. The molecule has 1 saturated heterocycles. The lowest BCUT2D eigenvalue weighted by molar-refractivity contribution is 0.0527. The summed E-state index contributed by atoms with van der Waals surface area (Å²) in [5.41, 5.74) is -0.498. The van der Waals surface area contributed by atoms with Gasteiger partial charge in [0.2, 0.25) is 0 Å². The van der Waals surface area contributed by atoms with Crippen molar-refractivity contribution in [1.82, 2.24) is 16.0 Å². The first-order valence-electron chi connectivity index (χ1n) is 8.23. The van der Waals surface area contributed by atoms with Gasteiger partial charge in [-0.2, -0.15) is 0 Å². The first kappa shape index (κ1) is 24.2. The number of carbonyl (C=O) groups excluding carboxylic acids is 1. The maximum atomic E-state index is 11.5. The third-order valence-electron chi connectivity index (χ3n) is 3.42. The van der Waals surface area contributed by atoms with E-state index in [9.17, 15) is 13.2 Å². The summed E-state index contributed by atoms with van der Waals surface area (Å²) >= 11 is 0. The van der Waals surface area contributed by atoms with Gasteiger partial charge in [-0.05, 0) is 39.5 Å². The predicted octanol–water partition coefficient (Wildman–Crippen LogP) is 1.12. The molecule has 25 heavy (non-hydrogen) atoms. The van der Waals surface area contributed by atoms with E-state index >= 15 is 0 Å². The van der Waals surface area contributed by atoms with E-state index < -0.39 is 21.5 Å². The van der Waals surface area contributed by atoms with Gasteiger partial charge in [0.1, 0.15) is 5.60 Å². The minimum Gasteiger partial charge on any atom is -0.444 e. The molecular formula is C15H31IN4O4S. The Hall–Kier alpha value is -0.780. The molecule has 1 heterocycles. The highest BCUT2D eigenvalue weighted by Gasteiger charge is 2.27. The number of amides is 1. The van der Waals surface area contributed by atoms with E-state index in [2.05, 4.69) is 20.9 Å². The summed E-state index contributed by atoms with van der Waals surface area (Å²) in [6.07, 6.45) is 0.997. The van der Waals surface area contributed by atoms with E-state index in [0.717, 1.165) is 6.42 Å². The van der Waals surface area contributed by atoms with Crippen LogP contribution in [-0.2, 0) is 14.6 Å². The molecule has 1 rings (SSSR count). The Labute approximate surface area is 167 Å². The van der Waals surface area contributed by atoms with E-state index in [-0.39, 0.29) is 41.4 Å². The summed E-state index contributed by atoms with van der Waals surface area (Å²) in [4.78, 5) is 15.6. The number of guanidine groups is 1. The van der Waals surface area contributed by atoms with Gasteiger partial charge >= 0.3 is 6.09 Å². The maximum absolute atomic E-state index is 11.5. The summed E-state index contributed by atoms with van der Waals surface area (Å²) in [7, 11) is -1.18. The monoisotopic (exact) mass is 490 g/mol. The number of rotatable bonds is 6. The Morgan fingerprint density at radius 1 is 1.20 bits per heavy atom. The summed E-state index contributed by atoms with van der Waals surface area (Å²) in [5.74, 6) is 1.30. The van der Waals surface area contributed by atoms with Gasteiger partial charge in [-0.3, -0.25) is 4.99 Å². The van der Waals surface area contributed by atoms with Crippen molar-refractivity contribution in [3.05, 3.63) is 0 Å². The van der Waals surface area contributed by atoms with Gasteiger partial charge in [0.05, 0.1) is 11.5 Å². The number of nitrogens with zero attached hydrogens (tertiary/aromatic N) is 1. The van der Waals surface area contributed by atoms with Crippen molar-refractivity contribution < 1.29 is 17.9 Å². The van der Waals surface area contributed by atoms with Crippen LogP contribution < -0.4 is 16.0 Å². The zero-order valence-corrected chi connectivity index (χ0v) is 18.6. The molecule has 0 aliphatic carbocycles. The number of alkyl carbamates (subject to hydrolysis) is 1. The van der Waals surface area contributed by atoms with Gasteiger partial charge in [-0.25, -0.2) is 13.2 Å².